The van der Waals surface area contributed by atoms with Gasteiger partial charge in [-0.15, -0.1) is 0 Å². The van der Waals surface area contributed by atoms with Crippen molar-refractivity contribution in [3.63, 3.8) is 0 Å². The second-order valence-corrected chi connectivity index (χ2v) is 3.62. The van der Waals surface area contributed by atoms with Crippen LogP contribution in [0.5, 0.6) is 0 Å². The highest BCUT2D eigenvalue weighted by Crippen LogP contribution is 2.09. The molecule has 16 heavy (non-hydrogen) atoms. The fourth-order valence-electron chi connectivity index (χ4n) is 1.34. The van der Waals surface area contributed by atoms with Gasteiger partial charge >= 0.3 is 0 Å². The second-order valence-electron chi connectivity index (χ2n) is 3.62. The largest absolute Gasteiger partial charge is 0.338 e. The third-order valence-electron chi connectivity index (χ3n) is 2.19. The minimum absolute atomic E-state index is 0.633. The Hall–Kier alpha value is -1.75. The van der Waals surface area contributed by atoms with Crippen LogP contribution in [0.3, 0.4) is 0 Å². The second kappa shape index (κ2) is 4.85. The Morgan fingerprint density at radius 3 is 2.62 bits per heavy atom. The lowest BCUT2D eigenvalue weighted by Gasteiger charge is -1.97. The summed E-state index contributed by atoms with van der Waals surface area (Å²) < 4.78 is 0. The first kappa shape index (κ1) is 10.8. The van der Waals surface area contributed by atoms with Crippen molar-refractivity contribution in [3.05, 3.63) is 29.8 Å². The van der Waals surface area contributed by atoms with Crippen LogP contribution >= 0.6 is 0 Å². The summed E-state index contributed by atoms with van der Waals surface area (Å²) in [6.07, 6.45) is 5.38. The molecule has 0 unspecified atom stereocenters. The van der Waals surface area contributed by atoms with Gasteiger partial charge in [0.2, 0.25) is 0 Å². The van der Waals surface area contributed by atoms with E-state index in [9.17, 15) is 0 Å². The van der Waals surface area contributed by atoms with Gasteiger partial charge in [0.05, 0.1) is 6.20 Å². The van der Waals surface area contributed by atoms with Crippen LogP contribution < -0.4 is 5.32 Å². The van der Waals surface area contributed by atoms with Gasteiger partial charge in [-0.2, -0.15) is 0 Å². The van der Waals surface area contributed by atoms with Crippen LogP contribution in [0.4, 0.5) is 0 Å². The molecule has 2 rings (SSSR count). The monoisotopic (exact) mass is 217 g/mol. The predicted octanol–water partition coefficient (Wildman–Crippen LogP) is 1.28. The van der Waals surface area contributed by atoms with Crippen molar-refractivity contribution in [2.75, 3.05) is 6.54 Å². The number of hydrogen-bond acceptors (Lipinski definition) is 4. The molecule has 0 saturated carbocycles. The number of imidazole rings is 1. The molecular formula is C11H15N5. The molecule has 0 atom stereocenters. The molecule has 84 valence electrons. The van der Waals surface area contributed by atoms with E-state index in [0.717, 1.165) is 24.3 Å². The van der Waals surface area contributed by atoms with E-state index in [1.165, 1.54) is 0 Å². The molecule has 2 N–H and O–H groups in total. The standard InChI is InChI=1S/C11H15N5/c1-3-12-6-9-7-15-11(16-9)10-13-4-8(2)5-14-10/h4-5,7,12H,3,6H2,1-2H3,(H,15,16). The average molecular weight is 217 g/mol. The lowest BCUT2D eigenvalue weighted by atomic mass is 10.4. The van der Waals surface area contributed by atoms with E-state index in [2.05, 4.69) is 32.2 Å². The lowest BCUT2D eigenvalue weighted by Crippen LogP contribution is -2.11. The van der Waals surface area contributed by atoms with Gasteiger partial charge in [0.15, 0.2) is 11.6 Å². The van der Waals surface area contributed by atoms with Crippen LogP contribution in [0.1, 0.15) is 18.2 Å². The summed E-state index contributed by atoms with van der Waals surface area (Å²) in [5, 5.41) is 3.23. The summed E-state index contributed by atoms with van der Waals surface area (Å²) in [7, 11) is 0. The third-order valence-corrected chi connectivity index (χ3v) is 2.19. The topological polar surface area (TPSA) is 66.5 Å². The zero-order chi connectivity index (χ0) is 11.4. The third kappa shape index (κ3) is 2.43. The van der Waals surface area contributed by atoms with Crippen molar-refractivity contribution in [1.29, 1.82) is 0 Å². The van der Waals surface area contributed by atoms with Crippen LogP contribution in [0.2, 0.25) is 0 Å². The average Bonchev–Trinajstić information content (AvgIpc) is 2.76. The molecule has 0 aromatic carbocycles. The van der Waals surface area contributed by atoms with Crippen LogP contribution in [0, 0.1) is 6.92 Å². The summed E-state index contributed by atoms with van der Waals surface area (Å²) in [4.78, 5) is 15.9. The van der Waals surface area contributed by atoms with E-state index < -0.39 is 0 Å². The molecule has 0 amide bonds. The Morgan fingerprint density at radius 1 is 1.19 bits per heavy atom. The molecule has 0 fully saturated rings. The van der Waals surface area contributed by atoms with Crippen LogP contribution in [-0.4, -0.2) is 26.5 Å². The number of nitrogens with one attached hydrogen (secondary N) is 2. The minimum atomic E-state index is 0.633. The predicted molar refractivity (Wildman–Crippen MR) is 61.7 cm³/mol. The Bertz CT molecular complexity index is 446. The Labute approximate surface area is 94.4 Å². The number of aromatic nitrogens is 4. The van der Waals surface area contributed by atoms with Crippen molar-refractivity contribution >= 4 is 0 Å². The van der Waals surface area contributed by atoms with E-state index in [1.807, 2.05) is 6.92 Å². The number of rotatable bonds is 4. The van der Waals surface area contributed by atoms with E-state index in [1.54, 1.807) is 18.6 Å². The highest BCUT2D eigenvalue weighted by Gasteiger charge is 2.05. The summed E-state index contributed by atoms with van der Waals surface area (Å²) >= 11 is 0. The van der Waals surface area contributed by atoms with Crippen molar-refractivity contribution < 1.29 is 0 Å². The van der Waals surface area contributed by atoms with Gasteiger partial charge in [0.25, 0.3) is 0 Å². The van der Waals surface area contributed by atoms with Crippen molar-refractivity contribution in [2.45, 2.75) is 20.4 Å². The van der Waals surface area contributed by atoms with Crippen LogP contribution in [-0.2, 0) is 6.54 Å². The summed E-state index contributed by atoms with van der Waals surface area (Å²) in [5.41, 5.74) is 2.09. The zero-order valence-electron chi connectivity index (χ0n) is 9.49. The van der Waals surface area contributed by atoms with Crippen molar-refractivity contribution in [2.24, 2.45) is 0 Å². The Kier molecular flexibility index (Phi) is 3.26. The SMILES string of the molecule is CCNCc1cnc(-c2ncc(C)cn2)[nH]1. The van der Waals surface area contributed by atoms with Gasteiger partial charge in [-0.3, -0.25) is 0 Å². The van der Waals surface area contributed by atoms with E-state index in [-0.39, 0.29) is 0 Å². The van der Waals surface area contributed by atoms with Crippen LogP contribution in [0.25, 0.3) is 11.6 Å². The molecule has 5 nitrogen and oxygen atoms in total. The fraction of sp³-hybridized carbons (Fsp3) is 0.364. The smallest absolute Gasteiger partial charge is 0.195 e. The summed E-state index contributed by atoms with van der Waals surface area (Å²) in [6.45, 7) is 5.76. The molecule has 2 heterocycles. The summed E-state index contributed by atoms with van der Waals surface area (Å²) in [5.74, 6) is 1.35. The maximum atomic E-state index is 4.25. The Balaban J connectivity index is 2.15. The van der Waals surface area contributed by atoms with E-state index >= 15 is 0 Å². The molecule has 0 aliphatic heterocycles. The molecule has 0 spiro atoms. The van der Waals surface area contributed by atoms with E-state index in [4.69, 9.17) is 0 Å². The number of H-pyrrole nitrogens is 1. The van der Waals surface area contributed by atoms with Gasteiger partial charge in [0, 0.05) is 24.6 Å². The lowest BCUT2D eigenvalue weighted by molar-refractivity contribution is 0.714. The van der Waals surface area contributed by atoms with Gasteiger partial charge in [-0.1, -0.05) is 6.92 Å². The summed E-state index contributed by atoms with van der Waals surface area (Å²) in [6, 6.07) is 0. The van der Waals surface area contributed by atoms with Crippen molar-refractivity contribution in [1.82, 2.24) is 25.3 Å². The van der Waals surface area contributed by atoms with Crippen molar-refractivity contribution in [3.8, 4) is 11.6 Å². The zero-order valence-corrected chi connectivity index (χ0v) is 9.49. The normalized spacial score (nSPS) is 10.6. The van der Waals surface area contributed by atoms with E-state index in [0.29, 0.717) is 11.6 Å². The molecule has 0 aliphatic rings. The highest BCUT2D eigenvalue weighted by atomic mass is 15.0. The molecule has 0 saturated heterocycles. The number of aromatic amines is 1. The number of hydrogen-bond donors (Lipinski definition) is 2. The van der Waals surface area contributed by atoms with Gasteiger partial charge in [-0.25, -0.2) is 15.0 Å². The molecule has 0 aliphatic carbocycles. The maximum absolute atomic E-state index is 4.25. The van der Waals surface area contributed by atoms with Gasteiger partial charge < -0.3 is 10.3 Å². The first-order valence-electron chi connectivity index (χ1n) is 5.33. The van der Waals surface area contributed by atoms with Gasteiger partial charge in [0.1, 0.15) is 0 Å². The molecule has 0 radical (unpaired) electrons. The molecule has 0 bridgehead atoms. The fourth-order valence-corrected chi connectivity index (χ4v) is 1.34. The quantitative estimate of drug-likeness (QED) is 0.809. The minimum Gasteiger partial charge on any atom is -0.338 e. The molecule has 2 aromatic rings. The van der Waals surface area contributed by atoms with Gasteiger partial charge in [-0.05, 0) is 19.0 Å². The molecule has 5 heteroatoms. The maximum Gasteiger partial charge on any atom is 0.195 e. The number of nitrogens with zero attached hydrogens (tertiary/aromatic N) is 3. The highest BCUT2D eigenvalue weighted by molar-refractivity contribution is 5.42. The first-order valence-corrected chi connectivity index (χ1v) is 5.33. The first-order chi connectivity index (χ1) is 7.79. The van der Waals surface area contributed by atoms with Crippen LogP contribution in [0.15, 0.2) is 18.6 Å². The molecular weight excluding hydrogens is 202 g/mol. The number of aryl methyl sites for hydroxylation is 1. The Morgan fingerprint density at radius 2 is 1.94 bits per heavy atom. The molecule has 2 aromatic heterocycles.